The van der Waals surface area contributed by atoms with Gasteiger partial charge < -0.3 is 80.2 Å². The summed E-state index contributed by atoms with van der Waals surface area (Å²) < 4.78 is 119. The van der Waals surface area contributed by atoms with E-state index in [-0.39, 0.29) is 122 Å². The number of phenolic OH excluding ortho intramolecular Hbond substituents is 3. The number of anilines is 6. The maximum absolute atomic E-state index is 13.4. The molecule has 0 radical (unpaired) electrons. The fourth-order valence-electron chi connectivity index (χ4n) is 13.4. The van der Waals surface area contributed by atoms with Crippen LogP contribution < -0.4 is 46.1 Å². The van der Waals surface area contributed by atoms with E-state index in [1.807, 2.05) is 6.92 Å². The van der Waals surface area contributed by atoms with Crippen LogP contribution in [0.15, 0.2) is 294 Å². The van der Waals surface area contributed by atoms with E-state index in [0.717, 1.165) is 43.8 Å². The molecule has 0 bridgehead atoms. The Labute approximate surface area is 893 Å². The van der Waals surface area contributed by atoms with Gasteiger partial charge in [0.05, 0.1) is 120 Å². The number of aromatic hydroxyl groups is 3. The van der Waals surface area contributed by atoms with Gasteiger partial charge in [-0.05, 0) is 269 Å². The van der Waals surface area contributed by atoms with Gasteiger partial charge in [-0.25, -0.2) is 54.0 Å². The number of nitrogens with zero attached hydrogens (tertiary/aromatic N) is 7. The number of nitrogens with one attached hydrogen (secondary N) is 6. The van der Waals surface area contributed by atoms with Gasteiger partial charge in [0.15, 0.2) is 57.6 Å². The van der Waals surface area contributed by atoms with Crippen LogP contribution in [0.1, 0.15) is 99.9 Å². The predicted octanol–water partition coefficient (Wildman–Crippen LogP) is 21.0. The maximum Gasteiger partial charge on any atom is 0.337 e. The summed E-state index contributed by atoms with van der Waals surface area (Å²) in [6.07, 6.45) is 5.66. The molecule has 37 nitrogen and oxygen atoms in total. The Morgan fingerprint density at radius 2 is 0.689 bits per heavy atom. The third-order valence-electron chi connectivity index (χ3n) is 21.9. The van der Waals surface area contributed by atoms with Crippen molar-refractivity contribution in [3.8, 4) is 68.8 Å². The third-order valence-corrected chi connectivity index (χ3v) is 32.7. The SMILES string of the molecule is COC(=O)c1ccc(Oc2cc(NC(=O)c3cn(-c4ccc(Br)c(Br)c4)nc3Cl)c(O)cc2NC(=O)C(C)S(=O)(=O)c2ccc(C)cc2)cc1.COC(=O)c1ccc(Oc2cc(NC(=O)c3cn(-c4ccc(Br)c(Cl)c4)cn3)c(O)cc2NC(=O)C(C)S(=O)(=O)c2ccc(C)cc2)cc1.COC(=O)c1ccc(Oc2cc(NC(=O)c3cn(-c4ccc(Br)c(Cl)c4)nn3)c(O)cc2NC(=O)C(C)S(=O)(=O)c2ccc(C)cc2)cc1. The Morgan fingerprint density at radius 3 is 1.04 bits per heavy atom. The number of methoxy groups -OCH3 is 3. The molecule has 0 saturated heterocycles. The molecule has 0 spiro atoms. The molecule has 3 aromatic heterocycles. The van der Waals surface area contributed by atoms with Crippen LogP contribution in [0, 0.1) is 20.8 Å². The van der Waals surface area contributed by atoms with Crippen molar-refractivity contribution in [3.05, 3.63) is 345 Å². The van der Waals surface area contributed by atoms with Crippen molar-refractivity contribution in [2.75, 3.05) is 53.2 Å². The fraction of sp³-hybridized carbons (Fsp3) is 0.119. The van der Waals surface area contributed by atoms with Crippen LogP contribution >= 0.6 is 98.5 Å². The molecule has 3 heterocycles. The molecule has 148 heavy (non-hydrogen) atoms. The molecule has 15 rings (SSSR count). The first-order valence-electron chi connectivity index (χ1n) is 43.3. The topological polar surface area (TPSA) is 511 Å². The quantitative estimate of drug-likeness (QED) is 0.0115. The normalized spacial score (nSPS) is 11.8. The van der Waals surface area contributed by atoms with Crippen molar-refractivity contribution in [2.45, 2.75) is 72.0 Å². The fourth-order valence-corrected chi connectivity index (χ4v) is 18.8. The maximum atomic E-state index is 13.4. The minimum atomic E-state index is -4.10. The second kappa shape index (κ2) is 47.6. The van der Waals surface area contributed by atoms with Crippen molar-refractivity contribution in [3.63, 3.8) is 0 Å². The molecule has 3 atom stereocenters. The molecule has 0 aliphatic rings. The first-order chi connectivity index (χ1) is 70.2. The Kier molecular flexibility index (Phi) is 35.4. The largest absolute Gasteiger partial charge is 0.506 e. The number of sulfone groups is 3. The summed E-state index contributed by atoms with van der Waals surface area (Å²) in [4.78, 5) is 119. The Bertz CT molecular complexity index is 7750. The summed E-state index contributed by atoms with van der Waals surface area (Å²) in [5.41, 5.74) is 4.27. The number of carbonyl (C=O) groups is 9. The highest BCUT2D eigenvalue weighted by atomic mass is 79.9. The standard InChI is InChI=1S/C34H27Br2ClN4O8S.C34H28BrClN4O8S.C33H27BrClN5O8S/c1-18-4-11-23(12-5-18)50(46,47)19(2)32(43)39-28-15-29(42)27(16-30(28)49-22-9-6-20(7-10-22)34(45)48-3)38-33(44)24-17-41(40-31(24)37)21-8-13-25(35)26(36)14-21;1-19-4-11-24(12-5-19)49(45,46)20(2)32(42)39-28-15-30(41)27(16-31(28)48-23-9-6-21(7-10-23)34(44)47-3)38-33(43)29-17-40(18-37-29)22-8-13-25(35)26(36)14-22;1-18-4-11-23(12-5-18)49(45,46)19(2)31(42)37-27-15-29(41)26(16-30(27)48-22-9-6-20(7-10-22)33(44)47-3)36-32(43)28-17-40(39-38-28)21-8-13-24(34)25(35)14-21/h4-17,19,42H,1-3H3,(H,38,44)(H,39,43);4-18,20,41H,1-3H3,(H,38,43)(H,39,42);4-17,19,41H,1-3H3,(H,36,43)(H,37,42). The summed E-state index contributed by atoms with van der Waals surface area (Å²) in [6.45, 7) is 9.14. The first kappa shape index (κ1) is 110. The number of halogens is 7. The van der Waals surface area contributed by atoms with Crippen LogP contribution in [0.5, 0.6) is 51.7 Å². The van der Waals surface area contributed by atoms with Gasteiger partial charge in [-0.1, -0.05) is 93.1 Å². The molecule has 0 aliphatic carbocycles. The smallest absolute Gasteiger partial charge is 0.337 e. The number of aromatic nitrogens is 7. The van der Waals surface area contributed by atoms with Gasteiger partial charge in [0.2, 0.25) is 17.7 Å². The van der Waals surface area contributed by atoms with Gasteiger partial charge in [-0.2, -0.15) is 5.10 Å². The second-order valence-electron chi connectivity index (χ2n) is 32.1. The summed E-state index contributed by atoms with van der Waals surface area (Å²) in [7, 11) is -8.54. The van der Waals surface area contributed by atoms with Crippen LogP contribution in [-0.4, -0.2) is 165 Å². The number of ether oxygens (including phenoxy) is 6. The van der Waals surface area contributed by atoms with E-state index >= 15 is 0 Å². The third kappa shape index (κ3) is 26.6. The van der Waals surface area contributed by atoms with Gasteiger partial charge >= 0.3 is 17.9 Å². The van der Waals surface area contributed by atoms with Crippen LogP contribution in [-0.2, 0) is 58.1 Å². The molecule has 3 unspecified atom stereocenters. The number of carbonyl (C=O) groups excluding carboxylic acids is 9. The van der Waals surface area contributed by atoms with E-state index < -0.39 is 116 Å². The lowest BCUT2D eigenvalue weighted by Crippen LogP contribution is -2.32. The molecule has 9 N–H and O–H groups in total. The number of amides is 6. The van der Waals surface area contributed by atoms with Crippen molar-refractivity contribution < 1.29 is 112 Å². The van der Waals surface area contributed by atoms with Crippen molar-refractivity contribution in [2.24, 2.45) is 0 Å². The lowest BCUT2D eigenvalue weighted by molar-refractivity contribution is -0.116. The lowest BCUT2D eigenvalue weighted by atomic mass is 10.2. The van der Waals surface area contributed by atoms with Gasteiger partial charge in [0.1, 0.15) is 62.3 Å². The second-order valence-corrected chi connectivity index (χ2v) is 43.5. The molecule has 0 aliphatic heterocycles. The Hall–Kier alpha value is -15.1. The van der Waals surface area contributed by atoms with E-state index in [0.29, 0.717) is 36.1 Å². The van der Waals surface area contributed by atoms with Gasteiger partial charge in [0, 0.05) is 72.4 Å². The molecular formula is C101H82Br4Cl3N13O24S3. The average molecular weight is 2380 g/mol. The average Bonchev–Trinajstić information content (AvgIpc) is 1.13. The van der Waals surface area contributed by atoms with Crippen LogP contribution in [0.2, 0.25) is 15.2 Å². The zero-order chi connectivity index (χ0) is 107. The number of rotatable bonds is 30. The van der Waals surface area contributed by atoms with E-state index in [1.165, 1.54) is 204 Å². The van der Waals surface area contributed by atoms with Gasteiger partial charge in [0.25, 0.3) is 17.7 Å². The molecule has 12 aromatic carbocycles. The zero-order valence-electron chi connectivity index (χ0n) is 78.5. The van der Waals surface area contributed by atoms with Crippen LogP contribution in [0.25, 0.3) is 17.1 Å². The molecule has 0 fully saturated rings. The number of benzene rings is 12. The Balaban J connectivity index is 0.000000185. The monoisotopic (exact) mass is 2380 g/mol. The highest BCUT2D eigenvalue weighted by Gasteiger charge is 2.36. The number of aryl methyl sites for hydroxylation is 3. The molecule has 0 saturated carbocycles. The first-order valence-corrected chi connectivity index (χ1v) is 52.2. The predicted molar refractivity (Wildman–Crippen MR) is 565 cm³/mol. The molecule has 6 amide bonds. The molecule has 15 aromatic rings. The van der Waals surface area contributed by atoms with Crippen LogP contribution in [0.4, 0.5) is 34.1 Å². The number of esters is 3. The molecule has 47 heteroatoms. The number of imidazole rings is 1. The molecule has 762 valence electrons. The van der Waals surface area contributed by atoms with E-state index in [2.05, 4.69) is 116 Å². The summed E-state index contributed by atoms with van der Waals surface area (Å²) in [5, 5.41) is 56.3. The van der Waals surface area contributed by atoms with Crippen molar-refractivity contribution in [1.82, 2.24) is 34.3 Å². The number of hydrogen-bond acceptors (Lipinski definition) is 28. The number of phenols is 3. The van der Waals surface area contributed by atoms with E-state index in [9.17, 15) is 83.7 Å². The van der Waals surface area contributed by atoms with E-state index in [1.54, 1.807) is 109 Å². The van der Waals surface area contributed by atoms with E-state index in [4.69, 9.17) is 63.2 Å². The molecular weight excluding hydrogens is 2300 g/mol. The van der Waals surface area contributed by atoms with Gasteiger partial charge in [-0.15, -0.1) is 5.10 Å². The summed E-state index contributed by atoms with van der Waals surface area (Å²) >= 11 is 32.2. The minimum absolute atomic E-state index is 0.00632. The Morgan fingerprint density at radius 1 is 0.358 bits per heavy atom. The minimum Gasteiger partial charge on any atom is -0.506 e. The highest BCUT2D eigenvalue weighted by Crippen LogP contribution is 2.44. The lowest BCUT2D eigenvalue weighted by Gasteiger charge is -2.18. The van der Waals surface area contributed by atoms with Gasteiger partial charge in [-0.3, -0.25) is 28.8 Å². The van der Waals surface area contributed by atoms with Crippen molar-refractivity contribution in [1.29, 1.82) is 0 Å². The van der Waals surface area contributed by atoms with Crippen molar-refractivity contribution >= 4 is 216 Å². The zero-order valence-corrected chi connectivity index (χ0v) is 89.5. The number of hydrogen-bond donors (Lipinski definition) is 9. The summed E-state index contributed by atoms with van der Waals surface area (Å²) in [6, 6.07) is 58.3. The summed E-state index contributed by atoms with van der Waals surface area (Å²) in [5.74, 6) is -7.66. The highest BCUT2D eigenvalue weighted by molar-refractivity contribution is 9.13. The van der Waals surface area contributed by atoms with Crippen LogP contribution in [0.3, 0.4) is 0 Å².